The van der Waals surface area contributed by atoms with Gasteiger partial charge < -0.3 is 15.4 Å². The lowest BCUT2D eigenvalue weighted by atomic mass is 10.1. The zero-order valence-electron chi connectivity index (χ0n) is 18.0. The lowest BCUT2D eigenvalue weighted by Crippen LogP contribution is -2.22. The molecule has 1 aliphatic heterocycles. The first-order chi connectivity index (χ1) is 15.1. The van der Waals surface area contributed by atoms with Crippen molar-refractivity contribution in [2.24, 2.45) is 0 Å². The molecule has 0 aromatic carbocycles. The molecule has 4 aromatic heterocycles. The van der Waals surface area contributed by atoms with Gasteiger partial charge in [-0.2, -0.15) is 5.10 Å². The van der Waals surface area contributed by atoms with Crippen LogP contribution in [0.5, 0.6) is 5.75 Å². The van der Waals surface area contributed by atoms with Crippen LogP contribution >= 0.6 is 0 Å². The van der Waals surface area contributed by atoms with Gasteiger partial charge in [-0.15, -0.1) is 0 Å². The van der Waals surface area contributed by atoms with Gasteiger partial charge in [0.2, 0.25) is 0 Å². The Morgan fingerprint density at radius 1 is 1.23 bits per heavy atom. The molecule has 4 aromatic rings. The number of methoxy groups -OCH3 is 1. The number of imidazole rings is 1. The van der Waals surface area contributed by atoms with Crippen molar-refractivity contribution in [2.45, 2.75) is 32.4 Å². The van der Waals surface area contributed by atoms with Gasteiger partial charge in [0.05, 0.1) is 30.9 Å². The molecule has 1 saturated heterocycles. The average Bonchev–Trinajstić information content (AvgIpc) is 3.53. The second-order valence-electron chi connectivity index (χ2n) is 8.17. The smallest absolute Gasteiger partial charge is 0.140 e. The van der Waals surface area contributed by atoms with E-state index in [1.807, 2.05) is 47.5 Å². The highest BCUT2D eigenvalue weighted by Crippen LogP contribution is 2.33. The molecule has 5 rings (SSSR count). The van der Waals surface area contributed by atoms with Crippen molar-refractivity contribution in [1.29, 1.82) is 0 Å². The molecule has 1 fully saturated rings. The third kappa shape index (κ3) is 3.74. The third-order valence-electron chi connectivity index (χ3n) is 5.69. The molecule has 1 aliphatic rings. The largest absolute Gasteiger partial charge is 0.496 e. The topological polar surface area (TPSA) is 81.3 Å². The van der Waals surface area contributed by atoms with Gasteiger partial charge >= 0.3 is 0 Å². The number of nitrogens with zero attached hydrogens (tertiary/aromatic N) is 5. The van der Waals surface area contributed by atoms with Gasteiger partial charge in [0, 0.05) is 48.2 Å². The van der Waals surface area contributed by atoms with E-state index in [0.717, 1.165) is 59.2 Å². The number of rotatable bonds is 6. The molecule has 31 heavy (non-hydrogen) atoms. The van der Waals surface area contributed by atoms with Crippen molar-refractivity contribution in [3.05, 3.63) is 49.1 Å². The van der Waals surface area contributed by atoms with Crippen LogP contribution in [0.1, 0.15) is 26.3 Å². The highest BCUT2D eigenvalue weighted by Gasteiger charge is 2.17. The van der Waals surface area contributed by atoms with Gasteiger partial charge in [-0.3, -0.25) is 9.08 Å². The average molecular weight is 418 g/mol. The van der Waals surface area contributed by atoms with Crippen LogP contribution in [-0.4, -0.2) is 50.4 Å². The maximum atomic E-state index is 5.66. The Bertz CT molecular complexity index is 1200. The molecule has 0 aliphatic carbocycles. The van der Waals surface area contributed by atoms with E-state index in [9.17, 15) is 0 Å². The molecule has 0 radical (unpaired) electrons. The monoisotopic (exact) mass is 417 g/mol. The molecule has 0 spiro atoms. The number of nitrogens with one attached hydrogen (secondary N) is 2. The fourth-order valence-corrected chi connectivity index (χ4v) is 3.98. The van der Waals surface area contributed by atoms with Crippen LogP contribution in [-0.2, 0) is 0 Å². The summed E-state index contributed by atoms with van der Waals surface area (Å²) in [5.74, 6) is 1.65. The van der Waals surface area contributed by atoms with E-state index in [1.54, 1.807) is 7.11 Å². The fraction of sp³-hybridized carbons (Fsp3) is 0.348. The molecule has 1 atom stereocenters. The van der Waals surface area contributed by atoms with Gasteiger partial charge in [-0.25, -0.2) is 9.97 Å². The van der Waals surface area contributed by atoms with Crippen LogP contribution in [0.15, 0.2) is 49.1 Å². The summed E-state index contributed by atoms with van der Waals surface area (Å²) >= 11 is 0. The van der Waals surface area contributed by atoms with Crippen molar-refractivity contribution in [3.63, 3.8) is 0 Å². The van der Waals surface area contributed by atoms with E-state index in [2.05, 4.69) is 45.2 Å². The predicted octanol–water partition coefficient (Wildman–Crippen LogP) is 3.62. The Morgan fingerprint density at radius 3 is 2.87 bits per heavy atom. The van der Waals surface area contributed by atoms with Crippen LogP contribution in [0.4, 0.5) is 5.82 Å². The molecule has 0 bridgehead atoms. The van der Waals surface area contributed by atoms with Gasteiger partial charge in [0.25, 0.3) is 0 Å². The summed E-state index contributed by atoms with van der Waals surface area (Å²) in [6, 6.07) is 8.73. The minimum absolute atomic E-state index is 0.293. The van der Waals surface area contributed by atoms with Gasteiger partial charge in [0.15, 0.2) is 0 Å². The molecular weight excluding hydrogens is 390 g/mol. The van der Waals surface area contributed by atoms with Gasteiger partial charge in [0.1, 0.15) is 17.2 Å². The Kier molecular flexibility index (Phi) is 5.07. The molecule has 5 heterocycles. The minimum Gasteiger partial charge on any atom is -0.496 e. The van der Waals surface area contributed by atoms with E-state index in [-0.39, 0.29) is 0 Å². The lowest BCUT2D eigenvalue weighted by molar-refractivity contribution is 0.416. The van der Waals surface area contributed by atoms with Gasteiger partial charge in [-0.1, -0.05) is 6.07 Å². The number of hydrogen-bond acceptors (Lipinski definition) is 6. The third-order valence-corrected chi connectivity index (χ3v) is 5.69. The second-order valence-corrected chi connectivity index (χ2v) is 8.17. The molecule has 160 valence electrons. The summed E-state index contributed by atoms with van der Waals surface area (Å²) in [6.45, 7) is 6.23. The van der Waals surface area contributed by atoms with E-state index in [4.69, 9.17) is 9.72 Å². The number of anilines is 1. The number of aromatic nitrogens is 5. The number of fused-ring (bicyclic) bond motifs is 1. The van der Waals surface area contributed by atoms with Crippen LogP contribution in [0.2, 0.25) is 0 Å². The van der Waals surface area contributed by atoms with E-state index >= 15 is 0 Å². The summed E-state index contributed by atoms with van der Waals surface area (Å²) in [6.07, 6.45) is 8.94. The predicted molar refractivity (Wildman–Crippen MR) is 121 cm³/mol. The first-order valence-corrected chi connectivity index (χ1v) is 10.7. The summed E-state index contributed by atoms with van der Waals surface area (Å²) in [5, 5.41) is 11.4. The van der Waals surface area contributed by atoms with Crippen molar-refractivity contribution < 1.29 is 4.74 Å². The molecule has 0 amide bonds. The molecule has 8 heteroatoms. The molecule has 0 saturated carbocycles. The number of ether oxygens (including phenoxy) is 1. The van der Waals surface area contributed by atoms with Crippen LogP contribution in [0.25, 0.3) is 28.2 Å². The maximum absolute atomic E-state index is 5.66. The molecular formula is C23H27N7O. The Balaban J connectivity index is 1.55. The summed E-state index contributed by atoms with van der Waals surface area (Å²) in [4.78, 5) is 9.45. The van der Waals surface area contributed by atoms with Crippen LogP contribution in [0.3, 0.4) is 0 Å². The number of pyridine rings is 2. The first kappa shape index (κ1) is 19.6. The Labute approximate surface area is 181 Å². The zero-order valence-corrected chi connectivity index (χ0v) is 18.0. The number of hydrogen-bond donors (Lipinski definition) is 2. The first-order valence-electron chi connectivity index (χ1n) is 10.7. The van der Waals surface area contributed by atoms with Crippen molar-refractivity contribution in [1.82, 2.24) is 29.5 Å². The lowest BCUT2D eigenvalue weighted by Gasteiger charge is -2.13. The SMILES string of the molecule is COc1cc2ncc(-c3cccc(NC4CCNC4)n3)n2cc1-c1cnn(C(C)C)c1. The van der Waals surface area contributed by atoms with Crippen molar-refractivity contribution >= 4 is 11.5 Å². The summed E-state index contributed by atoms with van der Waals surface area (Å²) in [7, 11) is 1.68. The zero-order chi connectivity index (χ0) is 21.4. The fourth-order valence-electron chi connectivity index (χ4n) is 3.98. The van der Waals surface area contributed by atoms with Crippen LogP contribution < -0.4 is 15.4 Å². The normalized spacial score (nSPS) is 16.3. The highest BCUT2D eigenvalue weighted by molar-refractivity contribution is 5.73. The summed E-state index contributed by atoms with van der Waals surface area (Å²) in [5.41, 5.74) is 4.59. The minimum atomic E-state index is 0.293. The highest BCUT2D eigenvalue weighted by atomic mass is 16.5. The quantitative estimate of drug-likeness (QED) is 0.499. The molecule has 2 N–H and O–H groups in total. The standard InChI is InChI=1S/C23H27N7O/c1-15(2)30-13-16(10-26-30)18-14-29-20(12-25-23(29)9-21(18)31-3)19-5-4-6-22(28-19)27-17-7-8-24-11-17/h4-6,9-10,12-15,17,24H,7-8,11H2,1-3H3,(H,27,28). The van der Waals surface area contributed by atoms with Crippen molar-refractivity contribution in [3.8, 4) is 28.3 Å². The van der Waals surface area contributed by atoms with E-state index in [1.165, 1.54) is 0 Å². The molecule has 1 unspecified atom stereocenters. The second kappa shape index (κ2) is 8.03. The van der Waals surface area contributed by atoms with Crippen LogP contribution in [0, 0.1) is 0 Å². The maximum Gasteiger partial charge on any atom is 0.140 e. The Hall–Kier alpha value is -3.39. The molecule has 8 nitrogen and oxygen atoms in total. The Morgan fingerprint density at radius 2 is 2.13 bits per heavy atom. The van der Waals surface area contributed by atoms with E-state index in [0.29, 0.717) is 12.1 Å². The van der Waals surface area contributed by atoms with E-state index < -0.39 is 0 Å². The summed E-state index contributed by atoms with van der Waals surface area (Å²) < 4.78 is 9.67. The van der Waals surface area contributed by atoms with Gasteiger partial charge in [-0.05, 0) is 38.9 Å². The van der Waals surface area contributed by atoms with Crippen molar-refractivity contribution in [2.75, 3.05) is 25.5 Å².